The van der Waals surface area contributed by atoms with Crippen molar-refractivity contribution in [1.82, 2.24) is 5.43 Å². The molecular weight excluding hydrogens is 438 g/mol. The van der Waals surface area contributed by atoms with E-state index in [2.05, 4.69) is 31.8 Å². The molecule has 0 unspecified atom stereocenters. The molecule has 0 bridgehead atoms. The summed E-state index contributed by atoms with van der Waals surface area (Å²) in [6.07, 6.45) is 1.65. The van der Waals surface area contributed by atoms with Crippen molar-refractivity contribution < 1.29 is 19.1 Å². The van der Waals surface area contributed by atoms with Crippen molar-refractivity contribution >= 4 is 39.6 Å². The summed E-state index contributed by atoms with van der Waals surface area (Å²) >= 11 is 3.45. The number of ether oxygens (including phenoxy) is 2. The van der Waals surface area contributed by atoms with Gasteiger partial charge in [-0.1, -0.05) is 12.1 Å². The molecule has 0 aliphatic heterocycles. The second kappa shape index (κ2) is 11.2. The van der Waals surface area contributed by atoms with E-state index in [1.807, 2.05) is 38.1 Å². The van der Waals surface area contributed by atoms with E-state index in [1.165, 1.54) is 13.3 Å². The summed E-state index contributed by atoms with van der Waals surface area (Å²) in [6, 6.07) is 12.6. The maximum atomic E-state index is 12.0. The third-order valence-electron chi connectivity index (χ3n) is 3.68. The standard InChI is InChI=1S/C21H24BrN3O4/c1-14(2)29-18-9-8-15(12-16(18)22)13-23-25-21(27)11-10-20(26)24-17-6-4-5-7-19(17)28-3/h4-9,12-14H,10-11H2,1-3H3,(H,24,26)(H,25,27). The van der Waals surface area contributed by atoms with Crippen molar-refractivity contribution in [3.63, 3.8) is 0 Å². The van der Waals surface area contributed by atoms with Gasteiger partial charge in [-0.3, -0.25) is 9.59 Å². The average molecular weight is 462 g/mol. The van der Waals surface area contributed by atoms with Gasteiger partial charge in [0.25, 0.3) is 0 Å². The molecule has 7 nitrogen and oxygen atoms in total. The fourth-order valence-electron chi connectivity index (χ4n) is 2.37. The molecule has 0 aliphatic rings. The predicted octanol–water partition coefficient (Wildman–Crippen LogP) is 4.11. The number of nitrogens with one attached hydrogen (secondary N) is 2. The summed E-state index contributed by atoms with van der Waals surface area (Å²) < 4.78 is 11.6. The molecule has 0 saturated heterocycles. The molecule has 2 aromatic carbocycles. The third-order valence-corrected chi connectivity index (χ3v) is 4.30. The van der Waals surface area contributed by atoms with Gasteiger partial charge in [0, 0.05) is 12.8 Å². The van der Waals surface area contributed by atoms with Gasteiger partial charge in [0.1, 0.15) is 11.5 Å². The van der Waals surface area contributed by atoms with Gasteiger partial charge in [0.15, 0.2) is 0 Å². The smallest absolute Gasteiger partial charge is 0.240 e. The van der Waals surface area contributed by atoms with Crippen molar-refractivity contribution in [2.45, 2.75) is 32.8 Å². The number of para-hydroxylation sites is 2. The lowest BCUT2D eigenvalue weighted by Gasteiger charge is -2.11. The molecule has 0 aromatic heterocycles. The van der Waals surface area contributed by atoms with Crippen LogP contribution in [0.15, 0.2) is 52.0 Å². The quantitative estimate of drug-likeness (QED) is 0.434. The topological polar surface area (TPSA) is 89.0 Å². The van der Waals surface area contributed by atoms with Crippen LogP contribution < -0.4 is 20.2 Å². The Kier molecular flexibility index (Phi) is 8.67. The summed E-state index contributed by atoms with van der Waals surface area (Å²) in [5.74, 6) is 0.668. The van der Waals surface area contributed by atoms with E-state index >= 15 is 0 Å². The first-order valence-electron chi connectivity index (χ1n) is 9.10. The van der Waals surface area contributed by atoms with Gasteiger partial charge >= 0.3 is 0 Å². The Balaban J connectivity index is 1.79. The summed E-state index contributed by atoms with van der Waals surface area (Å²) in [6.45, 7) is 3.90. The van der Waals surface area contributed by atoms with Crippen LogP contribution in [0.3, 0.4) is 0 Å². The number of benzene rings is 2. The van der Waals surface area contributed by atoms with Gasteiger partial charge in [-0.05, 0) is 65.7 Å². The van der Waals surface area contributed by atoms with Gasteiger partial charge in [-0.2, -0.15) is 5.10 Å². The number of amides is 2. The maximum absolute atomic E-state index is 12.0. The Morgan fingerprint density at radius 3 is 2.52 bits per heavy atom. The van der Waals surface area contributed by atoms with Gasteiger partial charge in [0.05, 0.1) is 29.6 Å². The predicted molar refractivity (Wildman–Crippen MR) is 117 cm³/mol. The van der Waals surface area contributed by atoms with E-state index in [4.69, 9.17) is 9.47 Å². The Hall–Kier alpha value is -2.87. The number of methoxy groups -OCH3 is 1. The number of rotatable bonds is 9. The van der Waals surface area contributed by atoms with E-state index in [0.29, 0.717) is 11.4 Å². The third kappa shape index (κ3) is 7.57. The van der Waals surface area contributed by atoms with Crippen LogP contribution in [0.5, 0.6) is 11.5 Å². The molecule has 8 heteroatoms. The minimum atomic E-state index is -0.352. The lowest BCUT2D eigenvalue weighted by molar-refractivity contribution is -0.124. The summed E-state index contributed by atoms with van der Waals surface area (Å²) in [7, 11) is 1.53. The Labute approximate surface area is 178 Å². The van der Waals surface area contributed by atoms with E-state index in [-0.39, 0.29) is 30.8 Å². The molecule has 0 spiro atoms. The lowest BCUT2D eigenvalue weighted by atomic mass is 10.2. The second-order valence-electron chi connectivity index (χ2n) is 6.40. The number of carbonyl (C=O) groups excluding carboxylic acids is 2. The van der Waals surface area contributed by atoms with E-state index in [0.717, 1.165) is 15.8 Å². The number of nitrogens with zero attached hydrogens (tertiary/aromatic N) is 1. The molecule has 154 valence electrons. The van der Waals surface area contributed by atoms with Crippen molar-refractivity contribution in [2.75, 3.05) is 12.4 Å². The highest BCUT2D eigenvalue weighted by Gasteiger charge is 2.09. The molecule has 0 radical (unpaired) electrons. The maximum Gasteiger partial charge on any atom is 0.240 e. The molecule has 0 aliphatic carbocycles. The van der Waals surface area contributed by atoms with Gasteiger partial charge < -0.3 is 14.8 Å². The molecule has 0 atom stereocenters. The average Bonchev–Trinajstić information content (AvgIpc) is 2.68. The zero-order chi connectivity index (χ0) is 21.2. The first-order valence-corrected chi connectivity index (χ1v) is 9.89. The zero-order valence-electron chi connectivity index (χ0n) is 16.6. The van der Waals surface area contributed by atoms with Crippen molar-refractivity contribution in [3.05, 3.63) is 52.5 Å². The molecule has 2 aromatic rings. The second-order valence-corrected chi connectivity index (χ2v) is 7.25. The summed E-state index contributed by atoms with van der Waals surface area (Å²) in [4.78, 5) is 23.9. The van der Waals surface area contributed by atoms with Crippen molar-refractivity contribution in [3.8, 4) is 11.5 Å². The van der Waals surface area contributed by atoms with Crippen LogP contribution in [0, 0.1) is 0 Å². The van der Waals surface area contributed by atoms with E-state index in [9.17, 15) is 9.59 Å². The molecule has 0 heterocycles. The van der Waals surface area contributed by atoms with Crippen LogP contribution >= 0.6 is 15.9 Å². The van der Waals surface area contributed by atoms with E-state index < -0.39 is 0 Å². The lowest BCUT2D eigenvalue weighted by Crippen LogP contribution is -2.20. The van der Waals surface area contributed by atoms with Crippen LogP contribution in [-0.2, 0) is 9.59 Å². The van der Waals surface area contributed by atoms with Gasteiger partial charge in [-0.15, -0.1) is 0 Å². The number of halogens is 1. The number of hydrazone groups is 1. The number of anilines is 1. The first kappa shape index (κ1) is 22.4. The molecule has 0 saturated carbocycles. The molecule has 2 amide bonds. The summed E-state index contributed by atoms with van der Waals surface area (Å²) in [5, 5.41) is 6.65. The monoisotopic (exact) mass is 461 g/mol. The number of hydrogen-bond acceptors (Lipinski definition) is 5. The SMILES string of the molecule is COc1ccccc1NC(=O)CCC(=O)NN=Cc1ccc(OC(C)C)c(Br)c1. The van der Waals surface area contributed by atoms with Crippen molar-refractivity contribution in [1.29, 1.82) is 0 Å². The Morgan fingerprint density at radius 1 is 1.10 bits per heavy atom. The van der Waals surface area contributed by atoms with Crippen LogP contribution in [0.2, 0.25) is 0 Å². The molecule has 2 N–H and O–H groups in total. The van der Waals surface area contributed by atoms with E-state index in [1.54, 1.807) is 18.2 Å². The fraction of sp³-hybridized carbons (Fsp3) is 0.286. The minimum Gasteiger partial charge on any atom is -0.495 e. The van der Waals surface area contributed by atoms with Crippen molar-refractivity contribution in [2.24, 2.45) is 5.10 Å². The highest BCUT2D eigenvalue weighted by molar-refractivity contribution is 9.10. The van der Waals surface area contributed by atoms with Crippen LogP contribution in [0.4, 0.5) is 5.69 Å². The molecule has 0 fully saturated rings. The first-order chi connectivity index (χ1) is 13.9. The molecular formula is C21H24BrN3O4. The Bertz CT molecular complexity index is 884. The number of hydrogen-bond donors (Lipinski definition) is 2. The van der Waals surface area contributed by atoms with Gasteiger partial charge in [0.2, 0.25) is 11.8 Å². The van der Waals surface area contributed by atoms with Crippen LogP contribution in [0.1, 0.15) is 32.3 Å². The largest absolute Gasteiger partial charge is 0.495 e. The molecule has 29 heavy (non-hydrogen) atoms. The molecule has 2 rings (SSSR count). The summed E-state index contributed by atoms with van der Waals surface area (Å²) in [5.41, 5.74) is 3.78. The van der Waals surface area contributed by atoms with Crippen LogP contribution in [0.25, 0.3) is 0 Å². The Morgan fingerprint density at radius 2 is 1.83 bits per heavy atom. The highest BCUT2D eigenvalue weighted by Crippen LogP contribution is 2.26. The minimum absolute atomic E-state index is 0.0170. The highest BCUT2D eigenvalue weighted by atomic mass is 79.9. The van der Waals surface area contributed by atoms with Crippen LogP contribution in [-0.4, -0.2) is 31.2 Å². The number of carbonyl (C=O) groups is 2. The fourth-order valence-corrected chi connectivity index (χ4v) is 2.86. The zero-order valence-corrected chi connectivity index (χ0v) is 18.2. The van der Waals surface area contributed by atoms with Gasteiger partial charge in [-0.25, -0.2) is 5.43 Å². The normalized spacial score (nSPS) is 10.8.